The van der Waals surface area contributed by atoms with E-state index in [1.807, 2.05) is 0 Å². The molecule has 0 aromatic carbocycles. The number of likely N-dealkylation sites (tertiary alicyclic amines) is 1. The van der Waals surface area contributed by atoms with Crippen molar-refractivity contribution in [2.75, 3.05) is 20.1 Å². The topological polar surface area (TPSA) is 29.3 Å². The van der Waals surface area contributed by atoms with Crippen molar-refractivity contribution in [2.24, 2.45) is 11.7 Å². The molecule has 0 spiro atoms. The highest BCUT2D eigenvalue weighted by Crippen LogP contribution is 2.43. The smallest absolute Gasteiger partial charge is 0.248 e. The van der Waals surface area contributed by atoms with Crippen molar-refractivity contribution in [1.82, 2.24) is 4.90 Å². The van der Waals surface area contributed by atoms with Crippen molar-refractivity contribution in [3.63, 3.8) is 0 Å². The number of piperidine rings is 1. The summed E-state index contributed by atoms with van der Waals surface area (Å²) >= 11 is 0. The third-order valence-electron chi connectivity index (χ3n) is 4.44. The number of hydrogen-bond donors (Lipinski definition) is 1. The molecule has 0 bridgehead atoms. The molecule has 16 heavy (non-hydrogen) atoms. The van der Waals surface area contributed by atoms with Gasteiger partial charge in [-0.1, -0.05) is 0 Å². The lowest BCUT2D eigenvalue weighted by atomic mass is 9.69. The second kappa shape index (κ2) is 4.22. The Morgan fingerprint density at radius 2 is 1.56 bits per heavy atom. The van der Waals surface area contributed by atoms with Crippen LogP contribution < -0.4 is 5.73 Å². The van der Waals surface area contributed by atoms with Crippen molar-refractivity contribution < 1.29 is 8.78 Å². The van der Waals surface area contributed by atoms with Gasteiger partial charge in [0.25, 0.3) is 0 Å². The summed E-state index contributed by atoms with van der Waals surface area (Å²) in [5.74, 6) is -2.02. The molecule has 1 aliphatic heterocycles. The Hall–Kier alpha value is -0.220. The fourth-order valence-electron chi connectivity index (χ4n) is 3.07. The summed E-state index contributed by atoms with van der Waals surface area (Å²) in [5.41, 5.74) is 6.03. The van der Waals surface area contributed by atoms with Crippen molar-refractivity contribution in [1.29, 1.82) is 0 Å². The van der Waals surface area contributed by atoms with E-state index < -0.39 is 5.92 Å². The van der Waals surface area contributed by atoms with Crippen molar-refractivity contribution >= 4 is 0 Å². The minimum atomic E-state index is -2.46. The molecule has 0 unspecified atom stereocenters. The van der Waals surface area contributed by atoms with E-state index in [2.05, 4.69) is 11.9 Å². The Bertz CT molecular complexity index is 237. The average molecular weight is 232 g/mol. The number of nitrogens with zero attached hydrogens (tertiary/aromatic N) is 1. The van der Waals surface area contributed by atoms with Crippen LogP contribution in [0.3, 0.4) is 0 Å². The summed E-state index contributed by atoms with van der Waals surface area (Å²) in [6, 6.07) is 0. The van der Waals surface area contributed by atoms with Gasteiger partial charge in [0.15, 0.2) is 0 Å². The van der Waals surface area contributed by atoms with Crippen LogP contribution in [-0.4, -0.2) is 36.5 Å². The lowest BCUT2D eigenvalue weighted by Crippen LogP contribution is -2.54. The highest BCUT2D eigenvalue weighted by Gasteiger charge is 2.45. The van der Waals surface area contributed by atoms with Gasteiger partial charge in [-0.25, -0.2) is 8.78 Å². The van der Waals surface area contributed by atoms with Gasteiger partial charge in [-0.3, -0.25) is 0 Å². The maximum atomic E-state index is 13.1. The highest BCUT2D eigenvalue weighted by molar-refractivity contribution is 4.98. The number of halogens is 2. The maximum absolute atomic E-state index is 13.1. The van der Waals surface area contributed by atoms with E-state index >= 15 is 0 Å². The van der Waals surface area contributed by atoms with Gasteiger partial charge in [0.2, 0.25) is 5.92 Å². The number of rotatable bonds is 1. The standard InChI is InChI=1S/C12H22F2N2/c1-16-8-2-10(3-9-16)11(15)4-6-12(13,14)7-5-11/h10H,2-9,15H2,1H3. The third kappa shape index (κ3) is 2.54. The van der Waals surface area contributed by atoms with E-state index in [9.17, 15) is 8.78 Å². The fraction of sp³-hybridized carbons (Fsp3) is 1.00. The lowest BCUT2D eigenvalue weighted by Gasteiger charge is -2.45. The zero-order chi connectivity index (χ0) is 11.8. The van der Waals surface area contributed by atoms with Crippen LogP contribution in [0, 0.1) is 5.92 Å². The predicted molar refractivity (Wildman–Crippen MR) is 60.6 cm³/mol. The van der Waals surface area contributed by atoms with Gasteiger partial charge in [-0.05, 0) is 51.7 Å². The first-order chi connectivity index (χ1) is 7.41. The fourth-order valence-corrected chi connectivity index (χ4v) is 3.07. The Labute approximate surface area is 96.2 Å². The Morgan fingerprint density at radius 3 is 2.06 bits per heavy atom. The van der Waals surface area contributed by atoms with Crippen LogP contribution >= 0.6 is 0 Å². The Balaban J connectivity index is 1.93. The highest BCUT2D eigenvalue weighted by atomic mass is 19.3. The summed E-state index contributed by atoms with van der Waals surface area (Å²) in [6.45, 7) is 2.11. The van der Waals surface area contributed by atoms with E-state index in [0.717, 1.165) is 25.9 Å². The van der Waals surface area contributed by atoms with E-state index in [-0.39, 0.29) is 18.4 Å². The summed E-state index contributed by atoms with van der Waals surface area (Å²) in [5, 5.41) is 0. The van der Waals surface area contributed by atoms with E-state index in [4.69, 9.17) is 5.73 Å². The van der Waals surface area contributed by atoms with Crippen molar-refractivity contribution in [3.8, 4) is 0 Å². The number of nitrogens with two attached hydrogens (primary N) is 1. The van der Waals surface area contributed by atoms with Crippen LogP contribution in [0.5, 0.6) is 0 Å². The molecule has 0 radical (unpaired) electrons. The first-order valence-corrected chi connectivity index (χ1v) is 6.27. The van der Waals surface area contributed by atoms with Gasteiger partial charge in [-0.2, -0.15) is 0 Å². The molecule has 4 heteroatoms. The molecular formula is C12H22F2N2. The van der Waals surface area contributed by atoms with Gasteiger partial charge >= 0.3 is 0 Å². The van der Waals surface area contributed by atoms with Crippen LogP contribution in [0.2, 0.25) is 0 Å². The zero-order valence-electron chi connectivity index (χ0n) is 10.0. The molecule has 0 aromatic heterocycles. The Morgan fingerprint density at radius 1 is 1.06 bits per heavy atom. The second-order valence-electron chi connectivity index (χ2n) is 5.67. The normalized spacial score (nSPS) is 31.5. The molecule has 1 saturated heterocycles. The summed E-state index contributed by atoms with van der Waals surface area (Å²) < 4.78 is 26.2. The van der Waals surface area contributed by atoms with Gasteiger partial charge in [0.05, 0.1) is 0 Å². The largest absolute Gasteiger partial charge is 0.325 e. The molecule has 2 fully saturated rings. The van der Waals surface area contributed by atoms with E-state index in [1.54, 1.807) is 0 Å². The molecular weight excluding hydrogens is 210 g/mol. The minimum Gasteiger partial charge on any atom is -0.325 e. The number of hydrogen-bond acceptors (Lipinski definition) is 2. The molecule has 2 rings (SSSR count). The second-order valence-corrected chi connectivity index (χ2v) is 5.67. The molecule has 1 saturated carbocycles. The van der Waals surface area contributed by atoms with Crippen LogP contribution in [0.4, 0.5) is 8.78 Å². The quantitative estimate of drug-likeness (QED) is 0.751. The van der Waals surface area contributed by atoms with Gasteiger partial charge in [-0.15, -0.1) is 0 Å². The number of alkyl halides is 2. The van der Waals surface area contributed by atoms with Crippen molar-refractivity contribution in [2.45, 2.75) is 50.0 Å². The summed E-state index contributed by atoms with van der Waals surface area (Å²) in [7, 11) is 2.11. The van der Waals surface area contributed by atoms with E-state index in [0.29, 0.717) is 18.8 Å². The Kier molecular flexibility index (Phi) is 3.23. The first-order valence-electron chi connectivity index (χ1n) is 6.27. The molecule has 94 valence electrons. The average Bonchev–Trinajstić information content (AvgIpc) is 2.24. The van der Waals surface area contributed by atoms with Gasteiger partial charge < -0.3 is 10.6 Å². The summed E-state index contributed by atoms with van der Waals surface area (Å²) in [4.78, 5) is 2.29. The molecule has 1 aliphatic carbocycles. The molecule has 0 amide bonds. The first kappa shape index (κ1) is 12.2. The monoisotopic (exact) mass is 232 g/mol. The maximum Gasteiger partial charge on any atom is 0.248 e. The third-order valence-corrected chi connectivity index (χ3v) is 4.44. The molecule has 1 heterocycles. The zero-order valence-corrected chi connectivity index (χ0v) is 10.0. The molecule has 2 nitrogen and oxygen atoms in total. The molecule has 2 N–H and O–H groups in total. The minimum absolute atomic E-state index is 0.0180. The molecule has 0 aromatic rings. The molecule has 2 aliphatic rings. The molecule has 0 atom stereocenters. The lowest BCUT2D eigenvalue weighted by molar-refractivity contribution is -0.0623. The SMILES string of the molecule is CN1CCC(C2(N)CCC(F)(F)CC2)CC1. The van der Waals surface area contributed by atoms with Gasteiger partial charge in [0, 0.05) is 18.4 Å². The van der Waals surface area contributed by atoms with Crippen LogP contribution in [-0.2, 0) is 0 Å². The predicted octanol–water partition coefficient (Wildman–Crippen LogP) is 2.24. The summed E-state index contributed by atoms with van der Waals surface area (Å²) in [6.07, 6.45) is 3.09. The van der Waals surface area contributed by atoms with Crippen LogP contribution in [0.25, 0.3) is 0 Å². The van der Waals surface area contributed by atoms with E-state index in [1.165, 1.54) is 0 Å². The van der Waals surface area contributed by atoms with Gasteiger partial charge in [0.1, 0.15) is 0 Å². The van der Waals surface area contributed by atoms with Crippen LogP contribution in [0.15, 0.2) is 0 Å². The van der Waals surface area contributed by atoms with Crippen molar-refractivity contribution in [3.05, 3.63) is 0 Å². The van der Waals surface area contributed by atoms with Crippen LogP contribution in [0.1, 0.15) is 38.5 Å².